The molecule has 3 N–H and O–H groups in total. The van der Waals surface area contributed by atoms with Gasteiger partial charge in [0.1, 0.15) is 5.82 Å². The van der Waals surface area contributed by atoms with Crippen LogP contribution in [0.1, 0.15) is 11.1 Å². The van der Waals surface area contributed by atoms with Crippen LogP contribution < -0.4 is 11.1 Å². The number of hydrogen-bond donors (Lipinski definition) is 2. The van der Waals surface area contributed by atoms with E-state index in [4.69, 9.17) is 11.0 Å². The first-order valence-electron chi connectivity index (χ1n) is 5.48. The Kier molecular flexibility index (Phi) is 3.56. The van der Waals surface area contributed by atoms with Gasteiger partial charge in [-0.05, 0) is 42.0 Å². The van der Waals surface area contributed by atoms with Crippen LogP contribution >= 0.6 is 0 Å². The van der Waals surface area contributed by atoms with Gasteiger partial charge in [0.15, 0.2) is 0 Å². The van der Waals surface area contributed by atoms with Crippen molar-refractivity contribution in [2.24, 2.45) is 5.73 Å². The standard InChI is InChI=1S/C14H12FN3/c15-12-4-5-14(11(7-12)9-17)18-13-3-1-2-10(6-13)8-16/h1-7,18H,9,17H2. The number of halogens is 1. The van der Waals surface area contributed by atoms with Crippen LogP contribution in [0.25, 0.3) is 0 Å². The maximum Gasteiger partial charge on any atom is 0.123 e. The fourth-order valence-corrected chi connectivity index (χ4v) is 1.68. The van der Waals surface area contributed by atoms with Crippen molar-refractivity contribution in [3.63, 3.8) is 0 Å². The number of nitrogens with one attached hydrogen (secondary N) is 1. The van der Waals surface area contributed by atoms with E-state index >= 15 is 0 Å². The van der Waals surface area contributed by atoms with Crippen LogP contribution in [0.5, 0.6) is 0 Å². The summed E-state index contributed by atoms with van der Waals surface area (Å²) >= 11 is 0. The van der Waals surface area contributed by atoms with Crippen molar-refractivity contribution in [3.05, 3.63) is 59.4 Å². The Morgan fingerprint density at radius 2 is 2.06 bits per heavy atom. The van der Waals surface area contributed by atoms with Gasteiger partial charge >= 0.3 is 0 Å². The molecule has 0 aliphatic carbocycles. The highest BCUT2D eigenvalue weighted by Crippen LogP contribution is 2.22. The van der Waals surface area contributed by atoms with E-state index in [1.807, 2.05) is 6.07 Å². The summed E-state index contributed by atoms with van der Waals surface area (Å²) in [6.45, 7) is 0.248. The summed E-state index contributed by atoms with van der Waals surface area (Å²) < 4.78 is 13.1. The van der Waals surface area contributed by atoms with Crippen LogP contribution in [-0.4, -0.2) is 0 Å². The summed E-state index contributed by atoms with van der Waals surface area (Å²) in [5, 5.41) is 11.9. The number of nitrogens with two attached hydrogens (primary N) is 1. The molecule has 0 spiro atoms. The third-order valence-corrected chi connectivity index (χ3v) is 2.56. The smallest absolute Gasteiger partial charge is 0.123 e. The van der Waals surface area contributed by atoms with Gasteiger partial charge in [-0.3, -0.25) is 0 Å². The average molecular weight is 241 g/mol. The predicted molar refractivity (Wildman–Crippen MR) is 68.7 cm³/mol. The molecule has 0 aliphatic rings. The van der Waals surface area contributed by atoms with E-state index in [-0.39, 0.29) is 12.4 Å². The van der Waals surface area contributed by atoms with Crippen molar-refractivity contribution in [1.82, 2.24) is 0 Å². The molecule has 0 amide bonds. The van der Waals surface area contributed by atoms with Crippen molar-refractivity contribution in [2.45, 2.75) is 6.54 Å². The average Bonchev–Trinajstić information content (AvgIpc) is 2.41. The normalized spacial score (nSPS) is 9.83. The number of hydrogen-bond acceptors (Lipinski definition) is 3. The van der Waals surface area contributed by atoms with Gasteiger partial charge in [0.25, 0.3) is 0 Å². The zero-order valence-electron chi connectivity index (χ0n) is 9.65. The van der Waals surface area contributed by atoms with Crippen LogP contribution in [0.2, 0.25) is 0 Å². The summed E-state index contributed by atoms with van der Waals surface area (Å²) in [6, 6.07) is 13.5. The molecule has 3 nitrogen and oxygen atoms in total. The van der Waals surface area contributed by atoms with Gasteiger partial charge in [-0.15, -0.1) is 0 Å². The molecule has 4 heteroatoms. The quantitative estimate of drug-likeness (QED) is 0.868. The molecule has 2 aromatic carbocycles. The van der Waals surface area contributed by atoms with Crippen LogP contribution in [0.4, 0.5) is 15.8 Å². The first-order chi connectivity index (χ1) is 8.72. The summed E-state index contributed by atoms with van der Waals surface area (Å²) in [5.41, 5.74) is 8.35. The third-order valence-electron chi connectivity index (χ3n) is 2.56. The minimum Gasteiger partial charge on any atom is -0.355 e. The van der Waals surface area contributed by atoms with Gasteiger partial charge in [-0.1, -0.05) is 6.07 Å². The summed E-state index contributed by atoms with van der Waals surface area (Å²) in [5.74, 6) is -0.313. The largest absolute Gasteiger partial charge is 0.355 e. The number of benzene rings is 2. The lowest BCUT2D eigenvalue weighted by molar-refractivity contribution is 0.626. The molecule has 2 rings (SSSR count). The highest BCUT2D eigenvalue weighted by molar-refractivity contribution is 5.64. The molecule has 0 saturated carbocycles. The Balaban J connectivity index is 2.31. The lowest BCUT2D eigenvalue weighted by Gasteiger charge is -2.11. The van der Waals surface area contributed by atoms with E-state index in [1.165, 1.54) is 12.1 Å². The zero-order chi connectivity index (χ0) is 13.0. The highest BCUT2D eigenvalue weighted by atomic mass is 19.1. The Labute approximate surface area is 105 Å². The SMILES string of the molecule is N#Cc1cccc(Nc2ccc(F)cc2CN)c1. The molecule has 0 aliphatic heterocycles. The minimum absolute atomic E-state index is 0.248. The van der Waals surface area contributed by atoms with E-state index in [2.05, 4.69) is 11.4 Å². The maximum absolute atomic E-state index is 13.1. The number of anilines is 2. The molecule has 0 fully saturated rings. The molecule has 2 aromatic rings. The molecule has 90 valence electrons. The second-order valence-electron chi connectivity index (χ2n) is 3.82. The van der Waals surface area contributed by atoms with Crippen molar-refractivity contribution in [2.75, 3.05) is 5.32 Å². The number of nitrogens with zero attached hydrogens (tertiary/aromatic N) is 1. The summed E-state index contributed by atoms with van der Waals surface area (Å²) in [7, 11) is 0. The van der Waals surface area contributed by atoms with Crippen LogP contribution in [0, 0.1) is 17.1 Å². The third kappa shape index (κ3) is 2.65. The molecular formula is C14H12FN3. The first-order valence-corrected chi connectivity index (χ1v) is 5.48. The predicted octanol–water partition coefficient (Wildman–Crippen LogP) is 2.90. The van der Waals surface area contributed by atoms with Gasteiger partial charge in [0, 0.05) is 17.9 Å². The van der Waals surface area contributed by atoms with Crippen LogP contribution in [-0.2, 0) is 6.54 Å². The van der Waals surface area contributed by atoms with Gasteiger partial charge in [0.2, 0.25) is 0 Å². The Morgan fingerprint density at radius 1 is 1.22 bits per heavy atom. The molecule has 18 heavy (non-hydrogen) atoms. The van der Waals surface area contributed by atoms with Crippen molar-refractivity contribution >= 4 is 11.4 Å². The van der Waals surface area contributed by atoms with Gasteiger partial charge < -0.3 is 11.1 Å². The fourth-order valence-electron chi connectivity index (χ4n) is 1.68. The Hall–Kier alpha value is -2.38. The number of nitriles is 1. The topological polar surface area (TPSA) is 61.8 Å². The molecule has 0 radical (unpaired) electrons. The first kappa shape index (κ1) is 12.1. The van der Waals surface area contributed by atoms with E-state index in [0.717, 1.165) is 11.4 Å². The molecule has 0 bridgehead atoms. The van der Waals surface area contributed by atoms with Gasteiger partial charge in [-0.25, -0.2) is 4.39 Å². The number of rotatable bonds is 3. The van der Waals surface area contributed by atoms with Crippen LogP contribution in [0.3, 0.4) is 0 Å². The molecular weight excluding hydrogens is 229 g/mol. The van der Waals surface area contributed by atoms with E-state index in [9.17, 15) is 4.39 Å². The van der Waals surface area contributed by atoms with E-state index in [1.54, 1.807) is 24.3 Å². The summed E-state index contributed by atoms with van der Waals surface area (Å²) in [6.07, 6.45) is 0. The van der Waals surface area contributed by atoms with Gasteiger partial charge in [-0.2, -0.15) is 5.26 Å². The lowest BCUT2D eigenvalue weighted by Crippen LogP contribution is -2.02. The van der Waals surface area contributed by atoms with Crippen molar-refractivity contribution < 1.29 is 4.39 Å². The van der Waals surface area contributed by atoms with Crippen LogP contribution in [0.15, 0.2) is 42.5 Å². The zero-order valence-corrected chi connectivity index (χ0v) is 9.65. The second-order valence-corrected chi connectivity index (χ2v) is 3.82. The Morgan fingerprint density at radius 3 is 2.78 bits per heavy atom. The second kappa shape index (κ2) is 5.30. The molecule has 0 atom stereocenters. The lowest BCUT2D eigenvalue weighted by atomic mass is 10.1. The maximum atomic E-state index is 13.1. The monoisotopic (exact) mass is 241 g/mol. The summed E-state index contributed by atoms with van der Waals surface area (Å²) in [4.78, 5) is 0. The van der Waals surface area contributed by atoms with Gasteiger partial charge in [0.05, 0.1) is 11.6 Å². The molecule has 0 heterocycles. The molecule has 0 saturated heterocycles. The van der Waals surface area contributed by atoms with Crippen molar-refractivity contribution in [1.29, 1.82) is 5.26 Å². The van der Waals surface area contributed by atoms with E-state index in [0.29, 0.717) is 11.1 Å². The minimum atomic E-state index is -0.313. The molecule has 0 aromatic heterocycles. The van der Waals surface area contributed by atoms with Crippen molar-refractivity contribution in [3.8, 4) is 6.07 Å². The highest BCUT2D eigenvalue weighted by Gasteiger charge is 2.03. The Bertz CT molecular complexity index is 602. The van der Waals surface area contributed by atoms with E-state index < -0.39 is 0 Å². The fraction of sp³-hybridized carbons (Fsp3) is 0.0714. The molecule has 0 unspecified atom stereocenters.